The van der Waals surface area contributed by atoms with E-state index in [0.29, 0.717) is 12.1 Å². The highest BCUT2D eigenvalue weighted by molar-refractivity contribution is 7.91. The number of hydrogen-bond donors (Lipinski definition) is 0. The van der Waals surface area contributed by atoms with Gasteiger partial charge in [0, 0.05) is 26.3 Å². The Morgan fingerprint density at radius 3 is 2.76 bits per heavy atom. The van der Waals surface area contributed by atoms with E-state index in [1.54, 1.807) is 26.4 Å². The summed E-state index contributed by atoms with van der Waals surface area (Å²) in [4.78, 5) is 13.6. The molecule has 1 atom stereocenters. The van der Waals surface area contributed by atoms with Crippen LogP contribution in [0.25, 0.3) is 0 Å². The van der Waals surface area contributed by atoms with Gasteiger partial charge in [-0.3, -0.25) is 9.48 Å². The van der Waals surface area contributed by atoms with Crippen molar-refractivity contribution < 1.29 is 13.2 Å². The number of sulfone groups is 1. The van der Waals surface area contributed by atoms with Gasteiger partial charge >= 0.3 is 0 Å². The van der Waals surface area contributed by atoms with Crippen LogP contribution in [0.2, 0.25) is 0 Å². The fourth-order valence-electron chi connectivity index (χ4n) is 2.01. The zero-order chi connectivity index (χ0) is 12.6. The minimum absolute atomic E-state index is 0.0626. The zero-order valence-corrected chi connectivity index (χ0v) is 10.6. The summed E-state index contributed by atoms with van der Waals surface area (Å²) in [6, 6.07) is 1.41. The summed E-state index contributed by atoms with van der Waals surface area (Å²) in [6.07, 6.45) is 2.06. The van der Waals surface area contributed by atoms with Gasteiger partial charge in [-0.1, -0.05) is 0 Å². The Balaban J connectivity index is 2.14. The predicted molar refractivity (Wildman–Crippen MR) is 62.4 cm³/mol. The van der Waals surface area contributed by atoms with Crippen molar-refractivity contribution in [3.05, 3.63) is 18.0 Å². The maximum Gasteiger partial charge on any atom is 0.272 e. The largest absolute Gasteiger partial charge is 0.336 e. The van der Waals surface area contributed by atoms with Crippen LogP contribution in [0, 0.1) is 0 Å². The van der Waals surface area contributed by atoms with E-state index in [1.165, 1.54) is 9.58 Å². The third-order valence-electron chi connectivity index (χ3n) is 3.12. The number of amides is 1. The molecule has 2 heterocycles. The average Bonchev–Trinajstić information content (AvgIpc) is 2.82. The summed E-state index contributed by atoms with van der Waals surface area (Å²) in [5.74, 6) is 0.0421. The van der Waals surface area contributed by atoms with Gasteiger partial charge in [-0.15, -0.1) is 0 Å². The molecule has 1 aromatic rings. The zero-order valence-electron chi connectivity index (χ0n) is 9.83. The lowest BCUT2D eigenvalue weighted by Crippen LogP contribution is -2.38. The average molecular weight is 257 g/mol. The van der Waals surface area contributed by atoms with E-state index in [9.17, 15) is 13.2 Å². The van der Waals surface area contributed by atoms with Crippen molar-refractivity contribution in [1.29, 1.82) is 0 Å². The van der Waals surface area contributed by atoms with Gasteiger partial charge in [0.15, 0.2) is 9.84 Å². The molecule has 0 aromatic carbocycles. The van der Waals surface area contributed by atoms with Crippen LogP contribution >= 0.6 is 0 Å². The molecular formula is C10H15N3O3S. The molecule has 94 valence electrons. The summed E-state index contributed by atoms with van der Waals surface area (Å²) in [5, 5.41) is 3.93. The molecule has 1 fully saturated rings. The minimum atomic E-state index is -2.97. The topological polar surface area (TPSA) is 72.3 Å². The number of nitrogens with zero attached hydrogens (tertiary/aromatic N) is 3. The Hall–Kier alpha value is -1.37. The van der Waals surface area contributed by atoms with E-state index in [1.807, 2.05) is 0 Å². The molecule has 0 aliphatic carbocycles. The van der Waals surface area contributed by atoms with Crippen molar-refractivity contribution >= 4 is 15.7 Å². The third-order valence-corrected chi connectivity index (χ3v) is 4.87. The molecule has 0 bridgehead atoms. The van der Waals surface area contributed by atoms with E-state index in [0.717, 1.165) is 0 Å². The van der Waals surface area contributed by atoms with Gasteiger partial charge < -0.3 is 4.90 Å². The lowest BCUT2D eigenvalue weighted by molar-refractivity contribution is 0.0736. The first kappa shape index (κ1) is 12.1. The van der Waals surface area contributed by atoms with Gasteiger partial charge in [-0.25, -0.2) is 8.42 Å². The maximum atomic E-state index is 12.1. The van der Waals surface area contributed by atoms with Crippen LogP contribution in [0.4, 0.5) is 0 Å². The molecule has 0 spiro atoms. The quantitative estimate of drug-likeness (QED) is 0.728. The second kappa shape index (κ2) is 4.14. The Labute approximate surface area is 100 Å². The fourth-order valence-corrected chi connectivity index (χ4v) is 3.79. The molecule has 1 aliphatic rings. The molecule has 6 nitrogen and oxygen atoms in total. The fraction of sp³-hybridized carbons (Fsp3) is 0.600. The van der Waals surface area contributed by atoms with Gasteiger partial charge in [0.05, 0.1) is 11.5 Å². The van der Waals surface area contributed by atoms with Crippen LogP contribution in [0.1, 0.15) is 16.9 Å². The van der Waals surface area contributed by atoms with E-state index in [4.69, 9.17) is 0 Å². The normalized spacial score (nSPS) is 22.6. The van der Waals surface area contributed by atoms with Gasteiger partial charge in [-0.2, -0.15) is 5.10 Å². The van der Waals surface area contributed by atoms with Crippen molar-refractivity contribution in [2.24, 2.45) is 7.05 Å². The van der Waals surface area contributed by atoms with E-state index in [-0.39, 0.29) is 23.5 Å². The molecule has 0 N–H and O–H groups in total. The number of hydrogen-bond acceptors (Lipinski definition) is 4. The Bertz CT molecular complexity index is 535. The van der Waals surface area contributed by atoms with Crippen molar-refractivity contribution in [2.45, 2.75) is 12.5 Å². The molecule has 7 heteroatoms. The Morgan fingerprint density at radius 1 is 1.59 bits per heavy atom. The predicted octanol–water partition coefficient (Wildman–Crippen LogP) is -0.321. The van der Waals surface area contributed by atoms with Crippen molar-refractivity contribution in [1.82, 2.24) is 14.7 Å². The molecular weight excluding hydrogens is 242 g/mol. The van der Waals surface area contributed by atoms with Crippen molar-refractivity contribution in [2.75, 3.05) is 18.6 Å². The lowest BCUT2D eigenvalue weighted by atomic mass is 10.2. The van der Waals surface area contributed by atoms with Crippen LogP contribution in [0.5, 0.6) is 0 Å². The van der Waals surface area contributed by atoms with E-state index in [2.05, 4.69) is 5.10 Å². The summed E-state index contributed by atoms with van der Waals surface area (Å²) in [6.45, 7) is 0. The first-order valence-corrected chi connectivity index (χ1v) is 7.18. The van der Waals surface area contributed by atoms with E-state index >= 15 is 0 Å². The van der Waals surface area contributed by atoms with Crippen molar-refractivity contribution in [3.63, 3.8) is 0 Å². The van der Waals surface area contributed by atoms with Gasteiger partial charge in [0.1, 0.15) is 5.69 Å². The Morgan fingerprint density at radius 2 is 2.29 bits per heavy atom. The molecule has 17 heavy (non-hydrogen) atoms. The monoisotopic (exact) mass is 257 g/mol. The SMILES string of the molecule is CN(C(=O)c1ccnn1C)C1CCS(=O)(=O)C1. The van der Waals surface area contributed by atoms with Gasteiger partial charge in [0.25, 0.3) is 5.91 Å². The molecule has 0 radical (unpaired) electrons. The highest BCUT2D eigenvalue weighted by Crippen LogP contribution is 2.18. The second-order valence-electron chi connectivity index (χ2n) is 4.31. The number of carbonyl (C=O) groups is 1. The summed E-state index contributed by atoms with van der Waals surface area (Å²) in [5.41, 5.74) is 0.469. The first-order valence-electron chi connectivity index (χ1n) is 5.36. The van der Waals surface area contributed by atoms with Crippen molar-refractivity contribution in [3.8, 4) is 0 Å². The molecule has 0 saturated carbocycles. The molecule has 1 aliphatic heterocycles. The first-order chi connectivity index (χ1) is 7.91. The summed E-state index contributed by atoms with van der Waals surface area (Å²) < 4.78 is 24.2. The smallest absolute Gasteiger partial charge is 0.272 e. The molecule has 2 rings (SSSR count). The van der Waals surface area contributed by atoms with Gasteiger partial charge in [-0.05, 0) is 12.5 Å². The molecule has 1 amide bonds. The number of rotatable bonds is 2. The number of aryl methyl sites for hydroxylation is 1. The summed E-state index contributed by atoms with van der Waals surface area (Å²) >= 11 is 0. The van der Waals surface area contributed by atoms with Crippen LogP contribution in [0.3, 0.4) is 0 Å². The standard InChI is InChI=1S/C10H15N3O3S/c1-12(8-4-6-17(15,16)7-8)10(14)9-3-5-11-13(9)2/h3,5,8H,4,6-7H2,1-2H3. The molecule has 1 saturated heterocycles. The third kappa shape index (κ3) is 2.33. The summed E-state index contributed by atoms with van der Waals surface area (Å²) in [7, 11) is 0.357. The maximum absolute atomic E-state index is 12.1. The number of aromatic nitrogens is 2. The van der Waals surface area contributed by atoms with Gasteiger partial charge in [0.2, 0.25) is 0 Å². The highest BCUT2D eigenvalue weighted by Gasteiger charge is 2.33. The second-order valence-corrected chi connectivity index (χ2v) is 6.54. The lowest BCUT2D eigenvalue weighted by Gasteiger charge is -2.23. The highest BCUT2D eigenvalue weighted by atomic mass is 32.2. The number of carbonyl (C=O) groups excluding carboxylic acids is 1. The van der Waals surface area contributed by atoms with Crippen LogP contribution < -0.4 is 0 Å². The Kier molecular flexibility index (Phi) is 2.94. The van der Waals surface area contributed by atoms with Crippen LogP contribution in [-0.2, 0) is 16.9 Å². The van der Waals surface area contributed by atoms with E-state index < -0.39 is 9.84 Å². The molecule has 1 aromatic heterocycles. The minimum Gasteiger partial charge on any atom is -0.336 e. The van der Waals surface area contributed by atoms with Crippen LogP contribution in [0.15, 0.2) is 12.3 Å². The molecule has 1 unspecified atom stereocenters. The van der Waals surface area contributed by atoms with Crippen LogP contribution in [-0.4, -0.2) is 53.6 Å².